The molecule has 0 unspecified atom stereocenters. The van der Waals surface area contributed by atoms with Crippen molar-refractivity contribution in [3.8, 4) is 0 Å². The Morgan fingerprint density at radius 2 is 1.26 bits per heavy atom. The van der Waals surface area contributed by atoms with Gasteiger partial charge in [-0.1, -0.05) is 78.9 Å². The maximum atomic E-state index is 13.3. The van der Waals surface area contributed by atoms with E-state index in [0.717, 1.165) is 37.3 Å². The number of rotatable bonds is 7. The minimum atomic E-state index is 0.192. The summed E-state index contributed by atoms with van der Waals surface area (Å²) in [5.74, 6) is 0.192. The van der Waals surface area contributed by atoms with E-state index in [4.69, 9.17) is 0 Å². The molecule has 0 N–H and O–H groups in total. The number of para-hydroxylation sites is 1. The summed E-state index contributed by atoms with van der Waals surface area (Å²) >= 11 is 0. The first-order valence-corrected chi connectivity index (χ1v) is 11.1. The third-order valence-electron chi connectivity index (χ3n) is 5.97. The smallest absolute Gasteiger partial charge is 0.237 e. The van der Waals surface area contributed by atoms with Crippen LogP contribution in [0.15, 0.2) is 84.9 Å². The molecule has 1 amide bonds. The van der Waals surface area contributed by atoms with Gasteiger partial charge in [0.25, 0.3) is 0 Å². The van der Waals surface area contributed by atoms with Crippen molar-refractivity contribution in [2.45, 2.75) is 20.0 Å². The van der Waals surface area contributed by atoms with Gasteiger partial charge in [-0.3, -0.25) is 9.69 Å². The van der Waals surface area contributed by atoms with Crippen LogP contribution in [0.3, 0.4) is 0 Å². The SMILES string of the molecule is Cc1ccccc1N1CCN(CC(=O)N(Cc2ccccc2)Cc2ccccc2)CC1. The van der Waals surface area contributed by atoms with E-state index in [1.165, 1.54) is 11.3 Å². The summed E-state index contributed by atoms with van der Waals surface area (Å²) in [6.07, 6.45) is 0. The molecule has 4 nitrogen and oxygen atoms in total. The number of carbonyl (C=O) groups excluding carboxylic acids is 1. The molecular formula is C27H31N3O. The van der Waals surface area contributed by atoms with Crippen LogP contribution in [-0.2, 0) is 17.9 Å². The van der Waals surface area contributed by atoms with Gasteiger partial charge in [-0.15, -0.1) is 0 Å². The van der Waals surface area contributed by atoms with E-state index < -0.39 is 0 Å². The largest absolute Gasteiger partial charge is 0.369 e. The highest BCUT2D eigenvalue weighted by Crippen LogP contribution is 2.21. The van der Waals surface area contributed by atoms with Gasteiger partial charge >= 0.3 is 0 Å². The molecule has 4 rings (SSSR count). The minimum absolute atomic E-state index is 0.192. The summed E-state index contributed by atoms with van der Waals surface area (Å²) in [6, 6.07) is 29.1. The van der Waals surface area contributed by atoms with E-state index in [-0.39, 0.29) is 5.91 Å². The van der Waals surface area contributed by atoms with E-state index in [1.807, 2.05) is 41.3 Å². The monoisotopic (exact) mass is 413 g/mol. The Morgan fingerprint density at radius 1 is 0.742 bits per heavy atom. The number of piperazine rings is 1. The van der Waals surface area contributed by atoms with Crippen LogP contribution in [-0.4, -0.2) is 48.4 Å². The number of hydrogen-bond acceptors (Lipinski definition) is 3. The van der Waals surface area contributed by atoms with E-state index in [2.05, 4.69) is 65.3 Å². The van der Waals surface area contributed by atoms with Crippen LogP contribution in [0.25, 0.3) is 0 Å². The molecule has 1 aliphatic heterocycles. The Bertz CT molecular complexity index is 925. The van der Waals surface area contributed by atoms with Crippen LogP contribution in [0.2, 0.25) is 0 Å². The third-order valence-corrected chi connectivity index (χ3v) is 5.97. The number of aryl methyl sites for hydroxylation is 1. The molecule has 1 heterocycles. The van der Waals surface area contributed by atoms with Crippen molar-refractivity contribution in [2.24, 2.45) is 0 Å². The van der Waals surface area contributed by atoms with Gasteiger partial charge in [0.2, 0.25) is 5.91 Å². The van der Waals surface area contributed by atoms with Crippen molar-refractivity contribution in [2.75, 3.05) is 37.6 Å². The number of hydrogen-bond donors (Lipinski definition) is 0. The van der Waals surface area contributed by atoms with Gasteiger partial charge in [-0.2, -0.15) is 0 Å². The topological polar surface area (TPSA) is 26.8 Å². The molecule has 0 bridgehead atoms. The van der Waals surface area contributed by atoms with Gasteiger partial charge in [-0.25, -0.2) is 0 Å². The Balaban J connectivity index is 1.38. The highest BCUT2D eigenvalue weighted by molar-refractivity contribution is 5.78. The molecule has 0 spiro atoms. The fourth-order valence-corrected chi connectivity index (χ4v) is 4.20. The number of anilines is 1. The predicted octanol–water partition coefficient (Wildman–Crippen LogP) is 4.35. The lowest BCUT2D eigenvalue weighted by Crippen LogP contribution is -2.50. The Hall–Kier alpha value is -3.11. The first-order valence-electron chi connectivity index (χ1n) is 11.1. The van der Waals surface area contributed by atoms with Crippen molar-refractivity contribution in [3.05, 3.63) is 102 Å². The normalized spacial score (nSPS) is 14.4. The lowest BCUT2D eigenvalue weighted by Gasteiger charge is -2.37. The molecule has 4 heteroatoms. The van der Waals surface area contributed by atoms with Crippen molar-refractivity contribution < 1.29 is 4.79 Å². The van der Waals surface area contributed by atoms with Gasteiger partial charge in [0.1, 0.15) is 0 Å². The second-order valence-corrected chi connectivity index (χ2v) is 8.27. The Labute approximate surface area is 185 Å². The quantitative estimate of drug-likeness (QED) is 0.576. The van der Waals surface area contributed by atoms with Gasteiger partial charge < -0.3 is 9.80 Å². The molecular weight excluding hydrogens is 382 g/mol. The average molecular weight is 414 g/mol. The summed E-state index contributed by atoms with van der Waals surface area (Å²) in [5, 5.41) is 0. The zero-order valence-electron chi connectivity index (χ0n) is 18.3. The van der Waals surface area contributed by atoms with Gasteiger partial charge in [0.05, 0.1) is 6.54 Å². The summed E-state index contributed by atoms with van der Waals surface area (Å²) in [6.45, 7) is 7.63. The van der Waals surface area contributed by atoms with Crippen molar-refractivity contribution >= 4 is 11.6 Å². The molecule has 0 aromatic heterocycles. The van der Waals surface area contributed by atoms with Crippen molar-refractivity contribution in [3.63, 3.8) is 0 Å². The number of carbonyl (C=O) groups is 1. The lowest BCUT2D eigenvalue weighted by molar-refractivity contribution is -0.133. The molecule has 0 aliphatic carbocycles. The van der Waals surface area contributed by atoms with Crippen LogP contribution in [0.1, 0.15) is 16.7 Å². The predicted molar refractivity (Wildman–Crippen MR) is 127 cm³/mol. The Kier molecular flexibility index (Phi) is 7.00. The summed E-state index contributed by atoms with van der Waals surface area (Å²) in [4.78, 5) is 20.0. The first-order chi connectivity index (χ1) is 15.2. The van der Waals surface area contributed by atoms with Crippen LogP contribution in [0, 0.1) is 6.92 Å². The van der Waals surface area contributed by atoms with E-state index in [9.17, 15) is 4.79 Å². The number of amides is 1. The Morgan fingerprint density at radius 3 is 1.81 bits per heavy atom. The molecule has 3 aromatic carbocycles. The highest BCUT2D eigenvalue weighted by Gasteiger charge is 2.23. The fourth-order valence-electron chi connectivity index (χ4n) is 4.20. The molecule has 160 valence electrons. The molecule has 31 heavy (non-hydrogen) atoms. The van der Waals surface area contributed by atoms with E-state index in [0.29, 0.717) is 19.6 Å². The van der Waals surface area contributed by atoms with Crippen LogP contribution < -0.4 is 4.90 Å². The average Bonchev–Trinajstić information content (AvgIpc) is 2.81. The molecule has 1 aliphatic rings. The summed E-state index contributed by atoms with van der Waals surface area (Å²) in [5.41, 5.74) is 4.94. The van der Waals surface area contributed by atoms with Gasteiger partial charge in [0, 0.05) is 45.0 Å². The molecule has 1 fully saturated rings. The number of benzene rings is 3. The summed E-state index contributed by atoms with van der Waals surface area (Å²) in [7, 11) is 0. The first kappa shape index (κ1) is 21.1. The molecule has 3 aromatic rings. The van der Waals surface area contributed by atoms with Crippen LogP contribution in [0.5, 0.6) is 0 Å². The third kappa shape index (κ3) is 5.74. The van der Waals surface area contributed by atoms with Gasteiger partial charge in [0.15, 0.2) is 0 Å². The maximum absolute atomic E-state index is 13.3. The zero-order valence-corrected chi connectivity index (χ0v) is 18.3. The van der Waals surface area contributed by atoms with Crippen LogP contribution in [0.4, 0.5) is 5.69 Å². The fraction of sp³-hybridized carbons (Fsp3) is 0.296. The van der Waals surface area contributed by atoms with Crippen molar-refractivity contribution in [1.82, 2.24) is 9.80 Å². The molecule has 0 saturated carbocycles. The minimum Gasteiger partial charge on any atom is -0.369 e. The maximum Gasteiger partial charge on any atom is 0.237 e. The summed E-state index contributed by atoms with van der Waals surface area (Å²) < 4.78 is 0. The highest BCUT2D eigenvalue weighted by atomic mass is 16.2. The molecule has 1 saturated heterocycles. The standard InChI is InChI=1S/C27H31N3O/c1-23-10-8-9-15-26(23)29-18-16-28(17-19-29)22-27(31)30(20-24-11-4-2-5-12-24)21-25-13-6-3-7-14-25/h2-15H,16-22H2,1H3. The lowest BCUT2D eigenvalue weighted by atomic mass is 10.1. The van der Waals surface area contributed by atoms with E-state index >= 15 is 0 Å². The zero-order chi connectivity index (χ0) is 21.5. The molecule has 0 atom stereocenters. The second-order valence-electron chi connectivity index (χ2n) is 8.27. The van der Waals surface area contributed by atoms with Crippen LogP contribution >= 0.6 is 0 Å². The molecule has 0 radical (unpaired) electrons. The van der Waals surface area contributed by atoms with E-state index in [1.54, 1.807) is 0 Å². The van der Waals surface area contributed by atoms with Crippen molar-refractivity contribution in [1.29, 1.82) is 0 Å². The van der Waals surface area contributed by atoms with Gasteiger partial charge in [-0.05, 0) is 29.7 Å². The number of nitrogens with zero attached hydrogens (tertiary/aromatic N) is 3. The second kappa shape index (κ2) is 10.3.